The molecule has 1 aromatic carbocycles. The van der Waals surface area contributed by atoms with Crippen molar-refractivity contribution in [3.8, 4) is 5.75 Å². The van der Waals surface area contributed by atoms with E-state index >= 15 is 0 Å². The Morgan fingerprint density at radius 1 is 1.15 bits per heavy atom. The highest BCUT2D eigenvalue weighted by Gasteiger charge is 2.28. The molecule has 208 valence electrons. The molecule has 2 rings (SSSR count). The zero-order valence-electron chi connectivity index (χ0n) is 21.4. The number of fused-ring (bicyclic) bond motifs is 1. The first-order valence-corrected chi connectivity index (χ1v) is 11.5. The maximum Gasteiger partial charge on any atom is 0.330 e. The summed E-state index contributed by atoms with van der Waals surface area (Å²) in [6.07, 6.45) is 2.31. The van der Waals surface area contributed by atoms with Crippen LogP contribution >= 0.6 is 11.6 Å². The first-order chi connectivity index (χ1) is 18.2. The number of halogens is 1. The molecule has 1 heterocycles. The number of aliphatic carboxylic acids is 1. The topological polar surface area (TPSA) is 201 Å². The molecule has 0 aliphatic carbocycles. The van der Waals surface area contributed by atoms with E-state index in [2.05, 4.69) is 38.5 Å². The van der Waals surface area contributed by atoms with Crippen LogP contribution in [0.4, 0.5) is 5.69 Å². The molecule has 39 heavy (non-hydrogen) atoms. The molecule has 1 aliphatic rings. The lowest BCUT2D eigenvalue weighted by atomic mass is 10.0. The van der Waals surface area contributed by atoms with Gasteiger partial charge in [0.1, 0.15) is 16.6 Å². The summed E-state index contributed by atoms with van der Waals surface area (Å²) < 4.78 is 4.14. The van der Waals surface area contributed by atoms with E-state index in [0.717, 1.165) is 18.2 Å². The standard InChI is InChI=1S/C21H21ClN4O7.C4H6O2/c1-9(2)18(29)23-6-4-5-14(27)24-13-8-12(22)15-16(17(13)28)26-20(31)11(19(30)25-15)7-10(3)21(32)33;1-3-4(5)6-2/h7-8,11,28H,1,4-6H2,2-3H3,(H,23,29)(H,24,27)(H,32,33);3H,1H2,2H3. The number of anilines is 1. The Balaban J connectivity index is 0.00000113. The van der Waals surface area contributed by atoms with Crippen molar-refractivity contribution in [1.29, 1.82) is 0 Å². The second-order valence-corrected chi connectivity index (χ2v) is 8.31. The Kier molecular flexibility index (Phi) is 12.4. The van der Waals surface area contributed by atoms with Crippen LogP contribution in [0.25, 0.3) is 0 Å². The number of aromatic hydroxyl groups is 1. The Labute approximate surface area is 227 Å². The molecule has 0 fully saturated rings. The molecule has 13 nitrogen and oxygen atoms in total. The van der Waals surface area contributed by atoms with Gasteiger partial charge in [-0.15, -0.1) is 0 Å². The number of amides is 4. The normalized spacial score (nSPS) is 14.2. The van der Waals surface area contributed by atoms with Gasteiger partial charge in [-0.3, -0.25) is 19.2 Å². The second kappa shape index (κ2) is 14.9. The molecule has 0 aromatic heterocycles. The third-order valence-electron chi connectivity index (χ3n) is 4.83. The highest BCUT2D eigenvalue weighted by Crippen LogP contribution is 2.22. The molecule has 4 N–H and O–H groups in total. The van der Waals surface area contributed by atoms with Crippen molar-refractivity contribution in [3.05, 3.63) is 58.3 Å². The molecular formula is C25H27ClN4O9. The van der Waals surface area contributed by atoms with Crippen LogP contribution in [0.2, 0.25) is 5.02 Å². The van der Waals surface area contributed by atoms with Gasteiger partial charge in [-0.2, -0.15) is 0 Å². The predicted octanol–water partition coefficient (Wildman–Crippen LogP) is 0.755. The van der Waals surface area contributed by atoms with Crippen LogP contribution in [0.3, 0.4) is 0 Å². The molecule has 1 atom stereocenters. The third kappa shape index (κ3) is 9.63. The van der Waals surface area contributed by atoms with E-state index in [1.807, 2.05) is 0 Å². The van der Waals surface area contributed by atoms with Gasteiger partial charge in [0.05, 0.1) is 17.8 Å². The van der Waals surface area contributed by atoms with Crippen LogP contribution in [0.15, 0.2) is 52.5 Å². The number of hydrogen-bond acceptors (Lipinski definition) is 8. The van der Waals surface area contributed by atoms with Crippen LogP contribution in [-0.4, -0.2) is 59.4 Å². The summed E-state index contributed by atoms with van der Waals surface area (Å²) in [4.78, 5) is 76.7. The number of methoxy groups -OCH3 is 1. The number of carbonyl (C=O) groups excluding carboxylic acids is 5. The predicted molar refractivity (Wildman–Crippen MR) is 138 cm³/mol. The van der Waals surface area contributed by atoms with E-state index in [4.69, 9.17) is 16.7 Å². The lowest BCUT2D eigenvalue weighted by molar-refractivity contribution is -0.135. The molecule has 0 saturated heterocycles. The number of carboxylic acid groups (broad SMARTS) is 1. The Hall–Kier alpha value is -4.65. The summed E-state index contributed by atoms with van der Waals surface area (Å²) in [5.74, 6) is -6.86. The zero-order valence-corrected chi connectivity index (χ0v) is 22.1. The molecule has 4 amide bonds. The van der Waals surface area contributed by atoms with E-state index in [0.29, 0.717) is 12.0 Å². The van der Waals surface area contributed by atoms with Gasteiger partial charge in [-0.05, 0) is 26.3 Å². The average molecular weight is 563 g/mol. The van der Waals surface area contributed by atoms with Crippen LogP contribution in [-0.2, 0) is 33.5 Å². The third-order valence-corrected chi connectivity index (χ3v) is 5.11. The van der Waals surface area contributed by atoms with Crippen LogP contribution in [0.1, 0.15) is 26.7 Å². The maximum absolute atomic E-state index is 12.5. The fourth-order valence-electron chi connectivity index (χ4n) is 2.75. The van der Waals surface area contributed by atoms with Gasteiger partial charge in [0.2, 0.25) is 11.8 Å². The molecule has 1 aromatic rings. The molecule has 0 bridgehead atoms. The number of nitrogens with zero attached hydrogens (tertiary/aromatic N) is 2. The second-order valence-electron chi connectivity index (χ2n) is 7.90. The zero-order chi connectivity index (χ0) is 29.9. The van der Waals surface area contributed by atoms with E-state index in [9.17, 15) is 33.9 Å². The summed E-state index contributed by atoms with van der Waals surface area (Å²) in [5.41, 5.74) is -0.0903. The van der Waals surface area contributed by atoms with Crippen LogP contribution < -0.4 is 21.3 Å². The van der Waals surface area contributed by atoms with Crippen molar-refractivity contribution in [1.82, 2.24) is 5.32 Å². The van der Waals surface area contributed by atoms with Crippen LogP contribution in [0, 0.1) is 5.92 Å². The van der Waals surface area contributed by atoms with Gasteiger partial charge in [0.25, 0.3) is 11.8 Å². The number of phenolic OH excluding ortho intramolecular Hbond substituents is 1. The van der Waals surface area contributed by atoms with Gasteiger partial charge in [0, 0.05) is 30.2 Å². The van der Waals surface area contributed by atoms with Gasteiger partial charge in [-0.1, -0.05) is 30.8 Å². The monoisotopic (exact) mass is 562 g/mol. The highest BCUT2D eigenvalue weighted by atomic mass is 35.5. The maximum atomic E-state index is 12.5. The van der Waals surface area contributed by atoms with Crippen molar-refractivity contribution in [2.24, 2.45) is 15.9 Å². The van der Waals surface area contributed by atoms with Crippen molar-refractivity contribution in [2.75, 3.05) is 19.0 Å². The number of hydrogen-bond donors (Lipinski definition) is 4. The lowest BCUT2D eigenvalue weighted by Crippen LogP contribution is -2.29. The van der Waals surface area contributed by atoms with Crippen molar-refractivity contribution >= 4 is 52.9 Å². The minimum atomic E-state index is -1.60. The molecule has 1 aliphatic heterocycles. The van der Waals surface area contributed by atoms with Gasteiger partial charge in [0.15, 0.2) is 5.75 Å². The van der Waals surface area contributed by atoms with E-state index in [-0.39, 0.29) is 40.5 Å². The number of nitrogens with one attached hydrogen (secondary N) is 2. The number of carbonyl (C=O) groups is 6. The quantitative estimate of drug-likeness (QED) is 0.110. The first-order valence-electron chi connectivity index (χ1n) is 11.2. The average Bonchev–Trinajstić information content (AvgIpc) is 3.00. The number of carboxylic acids is 1. The summed E-state index contributed by atoms with van der Waals surface area (Å²) >= 11 is 6.14. The van der Waals surface area contributed by atoms with Gasteiger partial charge >= 0.3 is 11.9 Å². The summed E-state index contributed by atoms with van der Waals surface area (Å²) in [6.45, 7) is 9.63. The summed E-state index contributed by atoms with van der Waals surface area (Å²) in [5, 5.41) is 23.6. The van der Waals surface area contributed by atoms with E-state index < -0.39 is 46.7 Å². The van der Waals surface area contributed by atoms with Gasteiger partial charge < -0.3 is 25.6 Å². The number of ether oxygens (including phenoxy) is 1. The highest BCUT2D eigenvalue weighted by molar-refractivity contribution is 6.31. The molecule has 1 unspecified atom stereocenters. The number of benzene rings is 1. The fourth-order valence-corrected chi connectivity index (χ4v) is 2.99. The molecule has 0 spiro atoms. The molecular weight excluding hydrogens is 536 g/mol. The Morgan fingerprint density at radius 2 is 1.74 bits per heavy atom. The minimum absolute atomic E-state index is 0.00905. The van der Waals surface area contributed by atoms with Crippen molar-refractivity contribution in [3.63, 3.8) is 0 Å². The largest absolute Gasteiger partial charge is 0.504 e. The Morgan fingerprint density at radius 3 is 2.23 bits per heavy atom. The molecule has 0 saturated carbocycles. The molecule has 14 heteroatoms. The lowest BCUT2D eigenvalue weighted by Gasteiger charge is -2.09. The number of phenols is 1. The summed E-state index contributed by atoms with van der Waals surface area (Å²) in [7, 11) is 1.31. The molecule has 0 radical (unpaired) electrons. The van der Waals surface area contributed by atoms with Gasteiger partial charge in [-0.25, -0.2) is 19.6 Å². The minimum Gasteiger partial charge on any atom is -0.504 e. The number of rotatable bonds is 9. The van der Waals surface area contributed by atoms with Crippen molar-refractivity contribution < 1.29 is 43.7 Å². The summed E-state index contributed by atoms with van der Waals surface area (Å²) in [6, 6.07) is 1.14. The first kappa shape index (κ1) is 32.4. The van der Waals surface area contributed by atoms with E-state index in [1.165, 1.54) is 14.0 Å². The fraction of sp³-hybridized carbons (Fsp3) is 0.280. The number of esters is 1. The van der Waals surface area contributed by atoms with E-state index in [1.54, 1.807) is 6.92 Å². The van der Waals surface area contributed by atoms with Crippen molar-refractivity contribution in [2.45, 2.75) is 26.7 Å². The Bertz CT molecular complexity index is 1380. The van der Waals surface area contributed by atoms with Crippen LogP contribution in [0.5, 0.6) is 5.75 Å². The SMILES string of the molecule is C=C(C)C(=O)NCCCC(=O)Nc1cc(Cl)c2c(c1O)=NC(=O)C(C=C(C)C(=O)O)C(=O)N=2.C=CC(=O)OC. The smallest absolute Gasteiger partial charge is 0.330 e.